The second-order valence-electron chi connectivity index (χ2n) is 5.31. The Kier molecular flexibility index (Phi) is 3.66. The highest BCUT2D eigenvalue weighted by atomic mass is 19.2. The molecule has 1 aliphatic rings. The number of hydrogen-bond donors (Lipinski definition) is 1. The van der Waals surface area contributed by atoms with E-state index in [2.05, 4.69) is 5.32 Å². The van der Waals surface area contributed by atoms with Gasteiger partial charge in [-0.2, -0.15) is 0 Å². The third-order valence-electron chi connectivity index (χ3n) is 3.71. The van der Waals surface area contributed by atoms with E-state index in [-0.39, 0.29) is 17.0 Å². The van der Waals surface area contributed by atoms with Gasteiger partial charge < -0.3 is 5.32 Å². The molecule has 1 unspecified atom stereocenters. The average Bonchev–Trinajstić information content (AvgIpc) is 3.08. The smallest absolute Gasteiger partial charge is 0.194 e. The summed E-state index contributed by atoms with van der Waals surface area (Å²) in [4.78, 5) is 0. The Balaban J connectivity index is 2.33. The molecule has 1 fully saturated rings. The highest BCUT2D eigenvalue weighted by molar-refractivity contribution is 5.27. The number of rotatable bonds is 5. The standard InChI is InChI=1S/C14H18F3N/c1-3-8-18-13(14(2)6-7-14)9-4-5-10(15)12(17)11(9)16/h4-5,13,18H,3,6-8H2,1-2H3. The van der Waals surface area contributed by atoms with Crippen LogP contribution in [0.2, 0.25) is 0 Å². The van der Waals surface area contributed by atoms with E-state index in [0.717, 1.165) is 31.9 Å². The number of halogens is 3. The maximum Gasteiger partial charge on any atom is 0.194 e. The summed E-state index contributed by atoms with van der Waals surface area (Å²) in [6, 6.07) is 2.11. The summed E-state index contributed by atoms with van der Waals surface area (Å²) in [5, 5.41) is 3.25. The van der Waals surface area contributed by atoms with E-state index in [4.69, 9.17) is 0 Å². The van der Waals surface area contributed by atoms with E-state index in [0.29, 0.717) is 0 Å². The first-order chi connectivity index (χ1) is 8.49. The topological polar surface area (TPSA) is 12.0 Å². The molecule has 0 saturated heterocycles. The van der Waals surface area contributed by atoms with Crippen molar-refractivity contribution in [2.45, 2.75) is 39.2 Å². The molecule has 4 heteroatoms. The highest BCUT2D eigenvalue weighted by Crippen LogP contribution is 2.54. The van der Waals surface area contributed by atoms with Gasteiger partial charge in [0, 0.05) is 11.6 Å². The first-order valence-corrected chi connectivity index (χ1v) is 6.36. The fourth-order valence-corrected chi connectivity index (χ4v) is 2.27. The Morgan fingerprint density at radius 1 is 1.22 bits per heavy atom. The lowest BCUT2D eigenvalue weighted by Crippen LogP contribution is -2.30. The minimum atomic E-state index is -1.37. The zero-order chi connectivity index (χ0) is 13.3. The predicted molar refractivity (Wildman–Crippen MR) is 64.7 cm³/mol. The van der Waals surface area contributed by atoms with E-state index in [1.807, 2.05) is 13.8 Å². The second kappa shape index (κ2) is 4.92. The summed E-state index contributed by atoms with van der Waals surface area (Å²) in [5.41, 5.74) is 0.197. The van der Waals surface area contributed by atoms with Crippen molar-refractivity contribution < 1.29 is 13.2 Å². The fraction of sp³-hybridized carbons (Fsp3) is 0.571. The van der Waals surface area contributed by atoms with Gasteiger partial charge in [0.05, 0.1) is 0 Å². The minimum absolute atomic E-state index is 0.0414. The number of hydrogen-bond acceptors (Lipinski definition) is 1. The first-order valence-electron chi connectivity index (χ1n) is 6.36. The molecule has 1 aromatic carbocycles. The maximum atomic E-state index is 13.8. The lowest BCUT2D eigenvalue weighted by molar-refractivity contribution is 0.344. The van der Waals surface area contributed by atoms with Crippen molar-refractivity contribution in [3.63, 3.8) is 0 Å². The zero-order valence-corrected chi connectivity index (χ0v) is 10.7. The molecule has 1 saturated carbocycles. The normalized spacial score (nSPS) is 18.7. The lowest BCUT2D eigenvalue weighted by Gasteiger charge is -2.26. The third kappa shape index (κ3) is 2.39. The molecule has 1 atom stereocenters. The van der Waals surface area contributed by atoms with Crippen molar-refractivity contribution in [3.8, 4) is 0 Å². The van der Waals surface area contributed by atoms with Crippen LogP contribution in [0.5, 0.6) is 0 Å². The lowest BCUT2D eigenvalue weighted by atomic mass is 9.91. The van der Waals surface area contributed by atoms with Crippen LogP contribution in [0.3, 0.4) is 0 Å². The van der Waals surface area contributed by atoms with Gasteiger partial charge in [-0.3, -0.25) is 0 Å². The van der Waals surface area contributed by atoms with Gasteiger partial charge in [-0.05, 0) is 37.3 Å². The van der Waals surface area contributed by atoms with Crippen molar-refractivity contribution in [3.05, 3.63) is 35.1 Å². The Labute approximate surface area is 105 Å². The van der Waals surface area contributed by atoms with Crippen molar-refractivity contribution in [2.24, 2.45) is 5.41 Å². The summed E-state index contributed by atoms with van der Waals surface area (Å²) in [5.74, 6) is -3.57. The molecule has 0 heterocycles. The average molecular weight is 257 g/mol. The van der Waals surface area contributed by atoms with Gasteiger partial charge in [0.1, 0.15) is 0 Å². The molecule has 1 nitrogen and oxygen atoms in total. The Bertz CT molecular complexity index is 441. The van der Waals surface area contributed by atoms with E-state index >= 15 is 0 Å². The maximum absolute atomic E-state index is 13.8. The minimum Gasteiger partial charge on any atom is -0.309 e. The summed E-state index contributed by atoms with van der Waals surface area (Å²) < 4.78 is 40.1. The summed E-state index contributed by atoms with van der Waals surface area (Å²) in [7, 11) is 0. The molecular formula is C14H18F3N. The first kappa shape index (κ1) is 13.4. The van der Waals surface area contributed by atoms with Gasteiger partial charge in [-0.25, -0.2) is 13.2 Å². The van der Waals surface area contributed by atoms with Gasteiger partial charge in [-0.1, -0.05) is 19.9 Å². The molecule has 1 aliphatic carbocycles. The Morgan fingerprint density at radius 3 is 2.44 bits per heavy atom. The molecule has 1 aromatic rings. The van der Waals surface area contributed by atoms with Crippen LogP contribution in [0.1, 0.15) is 44.7 Å². The van der Waals surface area contributed by atoms with Crippen molar-refractivity contribution in [2.75, 3.05) is 6.54 Å². The predicted octanol–water partition coefficient (Wildman–Crippen LogP) is 3.94. The van der Waals surface area contributed by atoms with Crippen LogP contribution in [0.4, 0.5) is 13.2 Å². The Hall–Kier alpha value is -1.03. The third-order valence-corrected chi connectivity index (χ3v) is 3.71. The number of benzene rings is 1. The molecule has 0 radical (unpaired) electrons. The van der Waals surface area contributed by atoms with Crippen LogP contribution in [-0.4, -0.2) is 6.54 Å². The van der Waals surface area contributed by atoms with E-state index in [1.54, 1.807) is 0 Å². The van der Waals surface area contributed by atoms with E-state index in [9.17, 15) is 13.2 Å². The molecular weight excluding hydrogens is 239 g/mol. The molecule has 0 bridgehead atoms. The van der Waals surface area contributed by atoms with Crippen LogP contribution in [0, 0.1) is 22.9 Å². The van der Waals surface area contributed by atoms with Gasteiger partial charge in [0.15, 0.2) is 17.5 Å². The quantitative estimate of drug-likeness (QED) is 0.788. The SMILES string of the molecule is CCCNC(c1ccc(F)c(F)c1F)C1(C)CC1. The molecule has 18 heavy (non-hydrogen) atoms. The van der Waals surface area contributed by atoms with E-state index < -0.39 is 17.5 Å². The molecule has 0 spiro atoms. The zero-order valence-electron chi connectivity index (χ0n) is 10.7. The van der Waals surface area contributed by atoms with Crippen LogP contribution >= 0.6 is 0 Å². The molecule has 0 aliphatic heterocycles. The largest absolute Gasteiger partial charge is 0.309 e. The van der Waals surface area contributed by atoms with Gasteiger partial charge >= 0.3 is 0 Å². The van der Waals surface area contributed by atoms with Gasteiger partial charge in [-0.15, -0.1) is 0 Å². The fourth-order valence-electron chi connectivity index (χ4n) is 2.27. The van der Waals surface area contributed by atoms with Gasteiger partial charge in [0.25, 0.3) is 0 Å². The van der Waals surface area contributed by atoms with Crippen LogP contribution < -0.4 is 5.32 Å². The van der Waals surface area contributed by atoms with Crippen LogP contribution in [0.25, 0.3) is 0 Å². The molecule has 0 aromatic heterocycles. The van der Waals surface area contributed by atoms with Crippen molar-refractivity contribution in [1.82, 2.24) is 5.32 Å². The summed E-state index contributed by atoms with van der Waals surface area (Å²) in [6.45, 7) is 4.79. The van der Waals surface area contributed by atoms with Crippen LogP contribution in [-0.2, 0) is 0 Å². The van der Waals surface area contributed by atoms with E-state index in [1.165, 1.54) is 6.07 Å². The highest BCUT2D eigenvalue weighted by Gasteiger charge is 2.46. The Morgan fingerprint density at radius 2 is 1.89 bits per heavy atom. The van der Waals surface area contributed by atoms with Crippen molar-refractivity contribution in [1.29, 1.82) is 0 Å². The molecule has 0 amide bonds. The number of nitrogens with one attached hydrogen (secondary N) is 1. The molecule has 2 rings (SSSR count). The summed E-state index contributed by atoms with van der Waals surface area (Å²) in [6.07, 6.45) is 2.87. The second-order valence-corrected chi connectivity index (χ2v) is 5.31. The van der Waals surface area contributed by atoms with Crippen molar-refractivity contribution >= 4 is 0 Å². The monoisotopic (exact) mass is 257 g/mol. The molecule has 1 N–H and O–H groups in total. The van der Waals surface area contributed by atoms with Gasteiger partial charge in [0.2, 0.25) is 0 Å². The van der Waals surface area contributed by atoms with Crippen LogP contribution in [0.15, 0.2) is 12.1 Å². The summed E-state index contributed by atoms with van der Waals surface area (Å²) >= 11 is 0. The molecule has 100 valence electrons.